The van der Waals surface area contributed by atoms with Crippen molar-refractivity contribution in [2.75, 3.05) is 4.90 Å². The van der Waals surface area contributed by atoms with E-state index in [-0.39, 0.29) is 22.0 Å². The molecule has 0 radical (unpaired) electrons. The van der Waals surface area contributed by atoms with Gasteiger partial charge in [-0.15, -0.1) is 0 Å². The zero-order chi connectivity index (χ0) is 17.3. The highest BCUT2D eigenvalue weighted by molar-refractivity contribution is 6.42. The molecule has 4 amide bonds. The summed E-state index contributed by atoms with van der Waals surface area (Å²) >= 11 is 6.04. The zero-order valence-corrected chi connectivity index (χ0v) is 12.9. The molecule has 2 aromatic rings. The molecule has 24 heavy (non-hydrogen) atoms. The molecule has 1 heterocycles. The zero-order valence-electron chi connectivity index (χ0n) is 12.2. The van der Waals surface area contributed by atoms with E-state index in [4.69, 9.17) is 11.6 Å². The first-order valence-electron chi connectivity index (χ1n) is 6.92. The number of anilines is 1. The van der Waals surface area contributed by atoms with Gasteiger partial charge in [-0.25, -0.2) is 9.69 Å². The van der Waals surface area contributed by atoms with Crippen molar-refractivity contribution in [3.63, 3.8) is 0 Å². The highest BCUT2D eigenvalue weighted by Crippen LogP contribution is 2.28. The Morgan fingerprint density at radius 2 is 1.67 bits per heavy atom. The molecule has 1 saturated heterocycles. The summed E-state index contributed by atoms with van der Waals surface area (Å²) in [6.07, 6.45) is 1.34. The molecule has 0 aliphatic carbocycles. The first kappa shape index (κ1) is 15.8. The second-order valence-electron chi connectivity index (χ2n) is 5.00. The van der Waals surface area contributed by atoms with Crippen LogP contribution < -0.4 is 10.2 Å². The van der Waals surface area contributed by atoms with Crippen LogP contribution in [0.2, 0.25) is 5.02 Å². The second-order valence-corrected chi connectivity index (χ2v) is 5.41. The van der Waals surface area contributed by atoms with Crippen LogP contribution in [0.15, 0.2) is 54.1 Å². The van der Waals surface area contributed by atoms with Crippen molar-refractivity contribution in [3.8, 4) is 5.75 Å². The molecule has 0 aromatic heterocycles. The third kappa shape index (κ3) is 2.87. The van der Waals surface area contributed by atoms with E-state index < -0.39 is 17.8 Å². The number of aromatic hydroxyl groups is 1. The number of amides is 4. The minimum atomic E-state index is -0.860. The number of barbiturate groups is 1. The maximum Gasteiger partial charge on any atom is 0.335 e. The van der Waals surface area contributed by atoms with Crippen molar-refractivity contribution in [2.24, 2.45) is 0 Å². The SMILES string of the molecule is O=C1NC(=O)N(c2ccccc2Cl)C(=O)/C1=C/c1ccc(O)cc1. The standard InChI is InChI=1S/C17H11ClN2O4/c18-13-3-1-2-4-14(13)20-16(23)12(15(22)19-17(20)24)9-10-5-7-11(21)8-6-10/h1-9,21H,(H,19,22,24)/b12-9+. The van der Waals surface area contributed by atoms with Gasteiger partial charge in [0, 0.05) is 0 Å². The number of hydrogen-bond donors (Lipinski definition) is 2. The number of hydrogen-bond acceptors (Lipinski definition) is 4. The Hall–Kier alpha value is -3.12. The Bertz CT molecular complexity index is 874. The lowest BCUT2D eigenvalue weighted by Gasteiger charge is -2.27. The molecule has 2 N–H and O–H groups in total. The number of carbonyl (C=O) groups is 3. The lowest BCUT2D eigenvalue weighted by Crippen LogP contribution is -2.54. The van der Waals surface area contributed by atoms with Crippen molar-refractivity contribution < 1.29 is 19.5 Å². The van der Waals surface area contributed by atoms with Crippen LogP contribution in [-0.4, -0.2) is 23.0 Å². The Morgan fingerprint density at radius 1 is 1.00 bits per heavy atom. The average Bonchev–Trinajstić information content (AvgIpc) is 2.55. The first-order valence-corrected chi connectivity index (χ1v) is 7.30. The molecule has 0 unspecified atom stereocenters. The maximum absolute atomic E-state index is 12.6. The summed E-state index contributed by atoms with van der Waals surface area (Å²) in [5, 5.41) is 11.6. The third-order valence-corrected chi connectivity index (χ3v) is 3.72. The van der Waals surface area contributed by atoms with Gasteiger partial charge >= 0.3 is 6.03 Å². The Kier molecular flexibility index (Phi) is 4.05. The number of carbonyl (C=O) groups excluding carboxylic acids is 3. The third-order valence-electron chi connectivity index (χ3n) is 3.40. The molecule has 1 aliphatic heterocycles. The predicted molar refractivity (Wildman–Crippen MR) is 88.6 cm³/mol. The van der Waals surface area contributed by atoms with Crippen molar-refractivity contribution in [2.45, 2.75) is 0 Å². The predicted octanol–water partition coefficient (Wildman–Crippen LogP) is 2.71. The van der Waals surface area contributed by atoms with Crippen molar-refractivity contribution in [1.82, 2.24) is 5.32 Å². The number of phenolic OH excluding ortho intramolecular Hbond substituents is 1. The molecule has 3 rings (SSSR count). The number of para-hydroxylation sites is 1. The molecule has 0 spiro atoms. The largest absolute Gasteiger partial charge is 0.508 e. The summed E-state index contributed by atoms with van der Waals surface area (Å²) in [4.78, 5) is 37.5. The van der Waals surface area contributed by atoms with Crippen LogP contribution in [-0.2, 0) is 9.59 Å². The Morgan fingerprint density at radius 3 is 2.33 bits per heavy atom. The van der Waals surface area contributed by atoms with E-state index in [0.29, 0.717) is 5.56 Å². The summed E-state index contributed by atoms with van der Waals surface area (Å²) in [6, 6.07) is 11.4. The van der Waals surface area contributed by atoms with Crippen LogP contribution in [0.25, 0.3) is 6.08 Å². The highest BCUT2D eigenvalue weighted by Gasteiger charge is 2.37. The van der Waals surface area contributed by atoms with Gasteiger partial charge < -0.3 is 5.11 Å². The van der Waals surface area contributed by atoms with E-state index in [1.54, 1.807) is 24.3 Å². The number of phenols is 1. The van der Waals surface area contributed by atoms with E-state index in [1.165, 1.54) is 30.3 Å². The van der Waals surface area contributed by atoms with Gasteiger partial charge in [0.25, 0.3) is 11.8 Å². The summed E-state index contributed by atoms with van der Waals surface area (Å²) < 4.78 is 0. The van der Waals surface area contributed by atoms with Crippen molar-refractivity contribution in [3.05, 3.63) is 64.7 Å². The molecule has 7 heteroatoms. The van der Waals surface area contributed by atoms with Gasteiger partial charge in [-0.3, -0.25) is 14.9 Å². The van der Waals surface area contributed by atoms with Crippen molar-refractivity contribution in [1.29, 1.82) is 0 Å². The number of imide groups is 2. The number of nitrogens with zero attached hydrogens (tertiary/aromatic N) is 1. The van der Waals surface area contributed by atoms with Crippen LogP contribution in [0.3, 0.4) is 0 Å². The van der Waals surface area contributed by atoms with Crippen LogP contribution >= 0.6 is 11.6 Å². The molecule has 1 aliphatic rings. The van der Waals surface area contributed by atoms with Gasteiger partial charge in [0.15, 0.2) is 0 Å². The highest BCUT2D eigenvalue weighted by atomic mass is 35.5. The minimum Gasteiger partial charge on any atom is -0.508 e. The topological polar surface area (TPSA) is 86.7 Å². The molecule has 120 valence electrons. The van der Waals surface area contributed by atoms with Crippen LogP contribution in [0.5, 0.6) is 5.75 Å². The molecule has 2 aromatic carbocycles. The number of rotatable bonds is 2. The summed E-state index contributed by atoms with van der Waals surface area (Å²) in [7, 11) is 0. The number of halogens is 1. The second kappa shape index (κ2) is 6.17. The van der Waals surface area contributed by atoms with Gasteiger partial charge in [-0.05, 0) is 35.9 Å². The molecular weight excluding hydrogens is 332 g/mol. The van der Waals surface area contributed by atoms with Gasteiger partial charge in [-0.1, -0.05) is 35.9 Å². The quantitative estimate of drug-likeness (QED) is 0.649. The number of urea groups is 1. The molecular formula is C17H11ClN2O4. The van der Waals surface area contributed by atoms with E-state index in [9.17, 15) is 19.5 Å². The van der Waals surface area contributed by atoms with Crippen LogP contribution in [0, 0.1) is 0 Å². The van der Waals surface area contributed by atoms with E-state index in [1.807, 2.05) is 0 Å². The van der Waals surface area contributed by atoms with Crippen molar-refractivity contribution >= 4 is 41.2 Å². The monoisotopic (exact) mass is 342 g/mol. The lowest BCUT2D eigenvalue weighted by atomic mass is 10.1. The molecule has 1 fully saturated rings. The molecule has 0 atom stereocenters. The minimum absolute atomic E-state index is 0.0597. The first-order chi connectivity index (χ1) is 11.5. The summed E-state index contributed by atoms with van der Waals surface area (Å²) in [6.45, 7) is 0. The normalized spacial score (nSPS) is 16.5. The van der Waals surface area contributed by atoms with Gasteiger partial charge in [0.1, 0.15) is 11.3 Å². The molecule has 0 bridgehead atoms. The van der Waals surface area contributed by atoms with Crippen LogP contribution in [0.4, 0.5) is 10.5 Å². The molecule has 6 nitrogen and oxygen atoms in total. The summed E-state index contributed by atoms with van der Waals surface area (Å²) in [5.74, 6) is -1.50. The Balaban J connectivity index is 2.03. The fourth-order valence-corrected chi connectivity index (χ4v) is 2.47. The smallest absolute Gasteiger partial charge is 0.335 e. The van der Waals surface area contributed by atoms with E-state index in [0.717, 1.165) is 4.90 Å². The van der Waals surface area contributed by atoms with E-state index in [2.05, 4.69) is 5.32 Å². The number of benzene rings is 2. The van der Waals surface area contributed by atoms with E-state index >= 15 is 0 Å². The fourth-order valence-electron chi connectivity index (χ4n) is 2.25. The fraction of sp³-hybridized carbons (Fsp3) is 0. The summed E-state index contributed by atoms with van der Waals surface area (Å²) in [5.41, 5.74) is 0.505. The lowest BCUT2D eigenvalue weighted by molar-refractivity contribution is -0.122. The Labute approximate surface area is 142 Å². The van der Waals surface area contributed by atoms with Gasteiger partial charge in [0.2, 0.25) is 0 Å². The van der Waals surface area contributed by atoms with Gasteiger partial charge in [-0.2, -0.15) is 0 Å². The van der Waals surface area contributed by atoms with Crippen LogP contribution in [0.1, 0.15) is 5.56 Å². The number of nitrogens with one attached hydrogen (secondary N) is 1. The maximum atomic E-state index is 12.6. The molecule has 0 saturated carbocycles. The van der Waals surface area contributed by atoms with Gasteiger partial charge in [0.05, 0.1) is 10.7 Å². The average molecular weight is 343 g/mol.